The van der Waals surface area contributed by atoms with Crippen LogP contribution in [0.3, 0.4) is 0 Å². The van der Waals surface area contributed by atoms with E-state index < -0.39 is 0 Å². The standard InChI is InChI=1S/C9H13N3.ClH/c10-7-5-8(6-7)12-9-3-1-2-4-11-9;/h1-4,7-8H,5-6,10H2,(H,11,12);1H. The van der Waals surface area contributed by atoms with Gasteiger partial charge in [0, 0.05) is 18.3 Å². The molecular weight excluding hydrogens is 186 g/mol. The molecule has 13 heavy (non-hydrogen) atoms. The number of hydrogen-bond donors (Lipinski definition) is 2. The van der Waals surface area contributed by atoms with Gasteiger partial charge in [-0.2, -0.15) is 0 Å². The van der Waals surface area contributed by atoms with Crippen molar-refractivity contribution < 1.29 is 0 Å². The molecule has 72 valence electrons. The average molecular weight is 200 g/mol. The van der Waals surface area contributed by atoms with Gasteiger partial charge < -0.3 is 11.1 Å². The fraction of sp³-hybridized carbons (Fsp3) is 0.444. The zero-order valence-electron chi connectivity index (χ0n) is 7.31. The molecule has 1 aromatic heterocycles. The van der Waals surface area contributed by atoms with E-state index in [2.05, 4.69) is 10.3 Å². The maximum absolute atomic E-state index is 5.66. The average Bonchev–Trinajstić information content (AvgIpc) is 2.04. The van der Waals surface area contributed by atoms with Crippen LogP contribution in [-0.2, 0) is 0 Å². The zero-order chi connectivity index (χ0) is 8.39. The molecule has 1 saturated carbocycles. The van der Waals surface area contributed by atoms with Crippen molar-refractivity contribution in [1.82, 2.24) is 4.98 Å². The smallest absolute Gasteiger partial charge is 0.126 e. The van der Waals surface area contributed by atoms with E-state index in [1.54, 1.807) is 6.20 Å². The molecule has 1 fully saturated rings. The van der Waals surface area contributed by atoms with Crippen molar-refractivity contribution in [3.8, 4) is 0 Å². The molecule has 0 unspecified atom stereocenters. The van der Waals surface area contributed by atoms with Gasteiger partial charge in [0.15, 0.2) is 0 Å². The molecule has 4 heteroatoms. The first-order valence-corrected chi connectivity index (χ1v) is 4.28. The monoisotopic (exact) mass is 199 g/mol. The Labute approximate surface area is 84.1 Å². The van der Waals surface area contributed by atoms with Gasteiger partial charge in [-0.25, -0.2) is 4.98 Å². The van der Waals surface area contributed by atoms with Crippen LogP contribution in [-0.4, -0.2) is 17.1 Å². The molecule has 3 nitrogen and oxygen atoms in total. The molecule has 1 aromatic rings. The Kier molecular flexibility index (Phi) is 3.51. The van der Waals surface area contributed by atoms with Crippen LogP contribution in [0.4, 0.5) is 5.82 Å². The summed E-state index contributed by atoms with van der Waals surface area (Å²) < 4.78 is 0. The fourth-order valence-electron chi connectivity index (χ4n) is 1.44. The van der Waals surface area contributed by atoms with E-state index in [4.69, 9.17) is 5.73 Å². The molecule has 0 aliphatic heterocycles. The molecule has 0 aromatic carbocycles. The molecule has 0 spiro atoms. The van der Waals surface area contributed by atoms with Gasteiger partial charge in [-0.15, -0.1) is 12.4 Å². The maximum atomic E-state index is 5.66. The lowest BCUT2D eigenvalue weighted by Gasteiger charge is -2.33. The van der Waals surface area contributed by atoms with E-state index in [0.29, 0.717) is 12.1 Å². The fourth-order valence-corrected chi connectivity index (χ4v) is 1.44. The van der Waals surface area contributed by atoms with Crippen molar-refractivity contribution in [2.45, 2.75) is 24.9 Å². The highest BCUT2D eigenvalue weighted by Crippen LogP contribution is 2.20. The highest BCUT2D eigenvalue weighted by Gasteiger charge is 2.25. The molecule has 0 radical (unpaired) electrons. The van der Waals surface area contributed by atoms with Crippen molar-refractivity contribution >= 4 is 18.2 Å². The van der Waals surface area contributed by atoms with Crippen molar-refractivity contribution in [2.75, 3.05) is 5.32 Å². The predicted molar refractivity (Wildman–Crippen MR) is 56.1 cm³/mol. The van der Waals surface area contributed by atoms with Crippen molar-refractivity contribution in [3.63, 3.8) is 0 Å². The van der Waals surface area contributed by atoms with E-state index in [1.165, 1.54) is 0 Å². The highest BCUT2D eigenvalue weighted by molar-refractivity contribution is 5.85. The summed E-state index contributed by atoms with van der Waals surface area (Å²) in [6.07, 6.45) is 3.92. The minimum atomic E-state index is 0. The SMILES string of the molecule is Cl.NC1CC(Nc2ccccn2)C1. The lowest BCUT2D eigenvalue weighted by atomic mass is 9.88. The van der Waals surface area contributed by atoms with Crippen LogP contribution in [0.1, 0.15) is 12.8 Å². The van der Waals surface area contributed by atoms with Crippen molar-refractivity contribution in [1.29, 1.82) is 0 Å². The van der Waals surface area contributed by atoms with Gasteiger partial charge >= 0.3 is 0 Å². The third-order valence-corrected chi connectivity index (χ3v) is 2.19. The number of nitrogens with two attached hydrogens (primary N) is 1. The maximum Gasteiger partial charge on any atom is 0.126 e. The number of hydrogen-bond acceptors (Lipinski definition) is 3. The van der Waals surface area contributed by atoms with Crippen LogP contribution in [0.15, 0.2) is 24.4 Å². The molecule has 0 atom stereocenters. The molecular formula is C9H14ClN3. The van der Waals surface area contributed by atoms with E-state index in [0.717, 1.165) is 18.7 Å². The second kappa shape index (κ2) is 4.44. The number of halogens is 1. The number of nitrogens with one attached hydrogen (secondary N) is 1. The zero-order valence-corrected chi connectivity index (χ0v) is 8.13. The minimum absolute atomic E-state index is 0. The second-order valence-corrected chi connectivity index (χ2v) is 3.29. The number of anilines is 1. The largest absolute Gasteiger partial charge is 0.367 e. The van der Waals surface area contributed by atoms with Gasteiger partial charge in [0.1, 0.15) is 5.82 Å². The van der Waals surface area contributed by atoms with Crippen LogP contribution in [0.5, 0.6) is 0 Å². The normalized spacial score (nSPS) is 25.6. The summed E-state index contributed by atoms with van der Waals surface area (Å²) in [5.41, 5.74) is 5.66. The molecule has 0 bridgehead atoms. The second-order valence-electron chi connectivity index (χ2n) is 3.29. The first-order valence-electron chi connectivity index (χ1n) is 4.28. The summed E-state index contributed by atoms with van der Waals surface area (Å²) in [5.74, 6) is 0.953. The van der Waals surface area contributed by atoms with Crippen LogP contribution in [0, 0.1) is 0 Å². The quantitative estimate of drug-likeness (QED) is 0.757. The summed E-state index contributed by atoms with van der Waals surface area (Å²) in [4.78, 5) is 4.17. The Morgan fingerprint density at radius 1 is 1.38 bits per heavy atom. The molecule has 0 amide bonds. The number of rotatable bonds is 2. The highest BCUT2D eigenvalue weighted by atomic mass is 35.5. The van der Waals surface area contributed by atoms with Gasteiger partial charge in [-0.05, 0) is 25.0 Å². The summed E-state index contributed by atoms with van der Waals surface area (Å²) in [6, 6.07) is 6.80. The lowest BCUT2D eigenvalue weighted by molar-refractivity contribution is 0.373. The topological polar surface area (TPSA) is 50.9 Å². The third-order valence-electron chi connectivity index (χ3n) is 2.19. The van der Waals surface area contributed by atoms with Crippen LogP contribution in [0.25, 0.3) is 0 Å². The first kappa shape index (κ1) is 10.3. The number of nitrogens with zero attached hydrogens (tertiary/aromatic N) is 1. The van der Waals surface area contributed by atoms with E-state index >= 15 is 0 Å². The van der Waals surface area contributed by atoms with Crippen LogP contribution >= 0.6 is 12.4 Å². The van der Waals surface area contributed by atoms with Gasteiger partial charge in [0.05, 0.1) is 0 Å². The van der Waals surface area contributed by atoms with Gasteiger partial charge in [0.2, 0.25) is 0 Å². The molecule has 2 rings (SSSR count). The Morgan fingerprint density at radius 2 is 2.15 bits per heavy atom. The van der Waals surface area contributed by atoms with E-state index in [1.807, 2.05) is 18.2 Å². The number of aromatic nitrogens is 1. The molecule has 0 saturated heterocycles. The van der Waals surface area contributed by atoms with Gasteiger partial charge in [-0.1, -0.05) is 6.07 Å². The predicted octanol–water partition coefficient (Wildman–Crippen LogP) is 1.41. The summed E-state index contributed by atoms with van der Waals surface area (Å²) in [5, 5.41) is 3.32. The summed E-state index contributed by atoms with van der Waals surface area (Å²) >= 11 is 0. The van der Waals surface area contributed by atoms with E-state index in [9.17, 15) is 0 Å². The van der Waals surface area contributed by atoms with Crippen molar-refractivity contribution in [3.05, 3.63) is 24.4 Å². The first-order chi connectivity index (χ1) is 5.84. The summed E-state index contributed by atoms with van der Waals surface area (Å²) in [6.45, 7) is 0. The summed E-state index contributed by atoms with van der Waals surface area (Å²) in [7, 11) is 0. The molecule has 3 N–H and O–H groups in total. The van der Waals surface area contributed by atoms with E-state index in [-0.39, 0.29) is 12.4 Å². The van der Waals surface area contributed by atoms with Crippen molar-refractivity contribution in [2.24, 2.45) is 5.73 Å². The Bertz CT molecular complexity index is 246. The minimum Gasteiger partial charge on any atom is -0.367 e. The Hall–Kier alpha value is -0.800. The molecule has 1 aliphatic carbocycles. The molecule has 1 aliphatic rings. The van der Waals surface area contributed by atoms with Crippen LogP contribution in [0.2, 0.25) is 0 Å². The lowest BCUT2D eigenvalue weighted by Crippen LogP contribution is -2.44. The third kappa shape index (κ3) is 2.57. The Morgan fingerprint density at radius 3 is 2.69 bits per heavy atom. The van der Waals surface area contributed by atoms with Gasteiger partial charge in [0.25, 0.3) is 0 Å². The number of pyridine rings is 1. The Balaban J connectivity index is 0.000000845. The molecule has 1 heterocycles. The van der Waals surface area contributed by atoms with Crippen LogP contribution < -0.4 is 11.1 Å². The van der Waals surface area contributed by atoms with Gasteiger partial charge in [-0.3, -0.25) is 0 Å².